The van der Waals surface area contributed by atoms with Crippen LogP contribution in [0, 0.1) is 23.7 Å². The zero-order valence-electron chi connectivity index (χ0n) is 16.2. The zero-order chi connectivity index (χ0) is 21.0. The first-order chi connectivity index (χ1) is 14.5. The molecule has 152 valence electrons. The van der Waals surface area contributed by atoms with Crippen LogP contribution in [0.15, 0.2) is 54.6 Å². The maximum atomic E-state index is 13.2. The summed E-state index contributed by atoms with van der Waals surface area (Å²) in [5, 5.41) is 3.23. The lowest BCUT2D eigenvalue weighted by Gasteiger charge is -2.20. The van der Waals surface area contributed by atoms with Crippen molar-refractivity contribution in [1.82, 2.24) is 0 Å². The number of methoxy groups -OCH3 is 1. The predicted molar refractivity (Wildman–Crippen MR) is 113 cm³/mol. The molecule has 2 bridgehead atoms. The minimum absolute atomic E-state index is 0.109. The average molecular weight is 423 g/mol. The van der Waals surface area contributed by atoms with Gasteiger partial charge in [-0.3, -0.25) is 14.4 Å². The fraction of sp³-hybridized carbons (Fsp3) is 0.261. The highest BCUT2D eigenvalue weighted by Gasteiger charge is 2.59. The summed E-state index contributed by atoms with van der Waals surface area (Å²) in [6.07, 6.45) is 4.95. The Morgan fingerprint density at radius 2 is 1.73 bits per heavy atom. The Labute approximate surface area is 178 Å². The second-order valence-corrected chi connectivity index (χ2v) is 8.26. The van der Waals surface area contributed by atoms with Crippen LogP contribution in [0.2, 0.25) is 5.02 Å². The SMILES string of the molecule is COc1ccc(Cl)cc1NC(=O)c1ccccc1N1C(=O)C2C3C=CC(C3)C2C1=O. The number of nitrogens with zero attached hydrogens (tertiary/aromatic N) is 1. The van der Waals surface area contributed by atoms with Crippen molar-refractivity contribution in [2.45, 2.75) is 6.42 Å². The van der Waals surface area contributed by atoms with Crippen molar-refractivity contribution < 1.29 is 19.1 Å². The first-order valence-corrected chi connectivity index (χ1v) is 10.2. The van der Waals surface area contributed by atoms with Gasteiger partial charge in [-0.25, -0.2) is 4.90 Å². The first kappa shape index (κ1) is 18.9. The molecular weight excluding hydrogens is 404 g/mol. The first-order valence-electron chi connectivity index (χ1n) is 9.79. The molecular formula is C23H19ClN2O4. The van der Waals surface area contributed by atoms with Crippen LogP contribution in [0.4, 0.5) is 11.4 Å². The molecule has 4 atom stereocenters. The zero-order valence-corrected chi connectivity index (χ0v) is 16.9. The fourth-order valence-electron chi connectivity index (χ4n) is 4.97. The molecule has 2 fully saturated rings. The number of allylic oxidation sites excluding steroid dienone is 2. The summed E-state index contributed by atoms with van der Waals surface area (Å²) in [6, 6.07) is 11.5. The van der Waals surface area contributed by atoms with E-state index in [1.165, 1.54) is 12.0 Å². The van der Waals surface area contributed by atoms with Gasteiger partial charge in [-0.15, -0.1) is 0 Å². The maximum Gasteiger partial charge on any atom is 0.257 e. The minimum atomic E-state index is -0.454. The van der Waals surface area contributed by atoms with Gasteiger partial charge in [0.15, 0.2) is 0 Å². The highest BCUT2D eigenvalue weighted by atomic mass is 35.5. The van der Waals surface area contributed by atoms with E-state index in [2.05, 4.69) is 5.32 Å². The molecule has 7 heteroatoms. The van der Waals surface area contributed by atoms with E-state index >= 15 is 0 Å². The lowest BCUT2D eigenvalue weighted by Crippen LogP contribution is -2.34. The maximum absolute atomic E-state index is 13.2. The standard InChI is InChI=1S/C23H19ClN2O4/c1-30-18-9-8-14(24)11-16(18)25-21(27)15-4-2-3-5-17(15)26-22(28)19-12-6-7-13(10-12)20(19)23(26)29/h2-9,11-13,19-20H,10H2,1H3,(H,25,27). The van der Waals surface area contributed by atoms with Crippen LogP contribution in [0.3, 0.4) is 0 Å². The highest BCUT2D eigenvalue weighted by molar-refractivity contribution is 6.31. The summed E-state index contributed by atoms with van der Waals surface area (Å²) in [4.78, 5) is 40.6. The van der Waals surface area contributed by atoms with Gasteiger partial charge in [-0.05, 0) is 48.6 Å². The number of hydrogen-bond acceptors (Lipinski definition) is 4. The number of nitrogens with one attached hydrogen (secondary N) is 1. The van der Waals surface area contributed by atoms with E-state index in [0.717, 1.165) is 6.42 Å². The summed E-state index contributed by atoms with van der Waals surface area (Å²) in [7, 11) is 1.50. The number of ether oxygens (including phenoxy) is 1. The summed E-state index contributed by atoms with van der Waals surface area (Å²) in [6.45, 7) is 0. The van der Waals surface area contributed by atoms with Crippen LogP contribution in [-0.4, -0.2) is 24.8 Å². The minimum Gasteiger partial charge on any atom is -0.495 e. The van der Waals surface area contributed by atoms with Crippen molar-refractivity contribution in [2.75, 3.05) is 17.3 Å². The molecule has 1 heterocycles. The van der Waals surface area contributed by atoms with Gasteiger partial charge in [0.05, 0.1) is 35.9 Å². The third-order valence-corrected chi connectivity index (χ3v) is 6.50. The van der Waals surface area contributed by atoms with Gasteiger partial charge in [0.2, 0.25) is 11.8 Å². The van der Waals surface area contributed by atoms with Crippen molar-refractivity contribution in [2.24, 2.45) is 23.7 Å². The molecule has 0 radical (unpaired) electrons. The van der Waals surface area contributed by atoms with Crippen LogP contribution in [0.5, 0.6) is 5.75 Å². The van der Waals surface area contributed by atoms with Crippen molar-refractivity contribution >= 4 is 40.7 Å². The topological polar surface area (TPSA) is 75.7 Å². The Morgan fingerprint density at radius 3 is 2.40 bits per heavy atom. The van der Waals surface area contributed by atoms with E-state index in [1.807, 2.05) is 12.2 Å². The summed E-state index contributed by atoms with van der Waals surface area (Å²) in [5.74, 6) is -0.866. The molecule has 3 amide bonds. The van der Waals surface area contributed by atoms with Crippen molar-refractivity contribution in [3.63, 3.8) is 0 Å². The molecule has 0 spiro atoms. The molecule has 1 saturated heterocycles. The Kier molecular flexibility index (Phi) is 4.40. The number of benzene rings is 2. The Balaban J connectivity index is 1.48. The van der Waals surface area contributed by atoms with E-state index in [0.29, 0.717) is 22.1 Å². The van der Waals surface area contributed by atoms with Gasteiger partial charge in [-0.1, -0.05) is 35.9 Å². The van der Waals surface area contributed by atoms with E-state index in [-0.39, 0.29) is 41.0 Å². The Bertz CT molecular complexity index is 1080. The van der Waals surface area contributed by atoms with Crippen molar-refractivity contribution in [1.29, 1.82) is 0 Å². The lowest BCUT2D eigenvalue weighted by molar-refractivity contribution is -0.123. The van der Waals surface area contributed by atoms with Gasteiger partial charge < -0.3 is 10.1 Å². The molecule has 5 rings (SSSR count). The molecule has 2 aliphatic carbocycles. The third kappa shape index (κ3) is 2.75. The number of hydrogen-bond donors (Lipinski definition) is 1. The number of carbonyl (C=O) groups is 3. The lowest BCUT2D eigenvalue weighted by atomic mass is 9.85. The number of imide groups is 1. The Hall–Kier alpha value is -3.12. The van der Waals surface area contributed by atoms with Crippen molar-refractivity contribution in [3.05, 3.63) is 65.2 Å². The predicted octanol–water partition coefficient (Wildman–Crippen LogP) is 3.91. The normalized spacial score (nSPS) is 26.3. The summed E-state index contributed by atoms with van der Waals surface area (Å²) >= 11 is 6.05. The molecule has 30 heavy (non-hydrogen) atoms. The van der Waals surface area contributed by atoms with Gasteiger partial charge in [0.25, 0.3) is 5.91 Å². The average Bonchev–Trinajstić information content (AvgIpc) is 3.42. The largest absolute Gasteiger partial charge is 0.495 e. The molecule has 0 aromatic heterocycles. The number of amides is 3. The van der Waals surface area contributed by atoms with Crippen LogP contribution in [-0.2, 0) is 9.59 Å². The Morgan fingerprint density at radius 1 is 1.07 bits per heavy atom. The van der Waals surface area contributed by atoms with Crippen LogP contribution >= 0.6 is 11.6 Å². The van der Waals surface area contributed by atoms with E-state index < -0.39 is 5.91 Å². The molecule has 1 N–H and O–H groups in total. The molecule has 1 saturated carbocycles. The summed E-state index contributed by atoms with van der Waals surface area (Å²) in [5.41, 5.74) is 0.948. The quantitative estimate of drug-likeness (QED) is 0.598. The number of rotatable bonds is 4. The van der Waals surface area contributed by atoms with E-state index in [1.54, 1.807) is 42.5 Å². The van der Waals surface area contributed by atoms with E-state index in [4.69, 9.17) is 16.3 Å². The number of para-hydroxylation sites is 1. The molecule has 1 aliphatic heterocycles. The second-order valence-electron chi connectivity index (χ2n) is 7.83. The highest BCUT2D eigenvalue weighted by Crippen LogP contribution is 2.53. The van der Waals surface area contributed by atoms with Crippen LogP contribution in [0.25, 0.3) is 0 Å². The summed E-state index contributed by atoms with van der Waals surface area (Å²) < 4.78 is 5.28. The molecule has 6 nitrogen and oxygen atoms in total. The van der Waals surface area contributed by atoms with Gasteiger partial charge in [0.1, 0.15) is 5.75 Å². The number of halogens is 1. The molecule has 3 aliphatic rings. The molecule has 4 unspecified atom stereocenters. The van der Waals surface area contributed by atoms with E-state index in [9.17, 15) is 14.4 Å². The second kappa shape index (κ2) is 6.99. The van der Waals surface area contributed by atoms with Gasteiger partial charge in [-0.2, -0.15) is 0 Å². The number of anilines is 2. The third-order valence-electron chi connectivity index (χ3n) is 6.27. The fourth-order valence-corrected chi connectivity index (χ4v) is 5.14. The smallest absolute Gasteiger partial charge is 0.257 e. The van der Waals surface area contributed by atoms with Crippen LogP contribution < -0.4 is 15.0 Å². The molecule has 2 aromatic rings. The van der Waals surface area contributed by atoms with Crippen molar-refractivity contribution in [3.8, 4) is 5.75 Å². The molecule has 2 aromatic carbocycles. The number of carbonyl (C=O) groups excluding carboxylic acids is 3. The number of fused-ring (bicyclic) bond motifs is 5. The van der Waals surface area contributed by atoms with Gasteiger partial charge in [0, 0.05) is 5.02 Å². The monoisotopic (exact) mass is 422 g/mol. The van der Waals surface area contributed by atoms with Crippen LogP contribution in [0.1, 0.15) is 16.8 Å². The van der Waals surface area contributed by atoms with Gasteiger partial charge >= 0.3 is 0 Å².